The van der Waals surface area contributed by atoms with Crippen molar-refractivity contribution >= 4 is 10.0 Å². The van der Waals surface area contributed by atoms with E-state index in [9.17, 15) is 8.42 Å². The van der Waals surface area contributed by atoms with Gasteiger partial charge in [-0.1, -0.05) is 5.16 Å². The Morgan fingerprint density at radius 1 is 1.29 bits per heavy atom. The molecular weight excluding hydrogens is 296 g/mol. The predicted octanol–water partition coefficient (Wildman–Crippen LogP) is 0.146. The van der Waals surface area contributed by atoms with Crippen molar-refractivity contribution < 1.29 is 17.7 Å². The fourth-order valence-corrected chi connectivity index (χ4v) is 2.48. The van der Waals surface area contributed by atoms with Crippen LogP contribution in [-0.4, -0.2) is 38.8 Å². The Labute approximate surface area is 122 Å². The number of nitrogens with one attached hydrogen (secondary N) is 2. The Balaban J connectivity index is 1.96. The maximum absolute atomic E-state index is 12.1. The van der Waals surface area contributed by atoms with Crippen molar-refractivity contribution in [2.75, 3.05) is 20.2 Å². The van der Waals surface area contributed by atoms with Crippen molar-refractivity contribution in [2.45, 2.75) is 11.4 Å². The highest BCUT2D eigenvalue weighted by Crippen LogP contribution is 2.15. The van der Waals surface area contributed by atoms with Gasteiger partial charge in [0.25, 0.3) is 0 Å². The minimum Gasteiger partial charge on any atom is -0.492 e. The van der Waals surface area contributed by atoms with Gasteiger partial charge in [-0.3, -0.25) is 0 Å². The van der Waals surface area contributed by atoms with Crippen molar-refractivity contribution in [3.63, 3.8) is 0 Å². The zero-order valence-corrected chi connectivity index (χ0v) is 12.3. The van der Waals surface area contributed by atoms with Gasteiger partial charge in [-0.2, -0.15) is 4.98 Å². The summed E-state index contributed by atoms with van der Waals surface area (Å²) < 4.78 is 36.4. The molecule has 0 unspecified atom stereocenters. The molecule has 2 N–H and O–H groups in total. The zero-order valence-electron chi connectivity index (χ0n) is 11.4. The molecule has 0 saturated carbocycles. The average molecular weight is 312 g/mol. The van der Waals surface area contributed by atoms with E-state index in [-0.39, 0.29) is 17.3 Å². The summed E-state index contributed by atoms with van der Waals surface area (Å²) in [5, 5.41) is 6.48. The Hall–Kier alpha value is -1.97. The molecule has 114 valence electrons. The first-order valence-electron chi connectivity index (χ1n) is 6.24. The zero-order chi connectivity index (χ0) is 15.1. The lowest BCUT2D eigenvalue weighted by atomic mass is 10.3. The molecule has 0 amide bonds. The molecule has 0 atom stereocenters. The van der Waals surface area contributed by atoms with Gasteiger partial charge >= 0.3 is 0 Å². The molecule has 0 radical (unpaired) electrons. The van der Waals surface area contributed by atoms with Crippen molar-refractivity contribution in [3.05, 3.63) is 36.5 Å². The van der Waals surface area contributed by atoms with Crippen LogP contribution in [0.15, 0.2) is 40.1 Å². The Kier molecular flexibility index (Phi) is 5.26. The lowest BCUT2D eigenvalue weighted by Gasteiger charge is -2.08. The van der Waals surface area contributed by atoms with E-state index in [0.29, 0.717) is 18.9 Å². The maximum Gasteiger partial charge on any atom is 0.240 e. The standard InChI is InChI=1S/C12H16N4O4S/c1-13-6-7-19-10-2-4-11(5-3-10)21(17,18)15-8-12-14-9-20-16-12/h2-5,9,13,15H,6-8H2,1H3. The molecule has 0 aliphatic carbocycles. The lowest BCUT2D eigenvalue weighted by molar-refractivity contribution is 0.318. The highest BCUT2D eigenvalue weighted by atomic mass is 32.2. The van der Waals surface area contributed by atoms with Crippen LogP contribution in [0.1, 0.15) is 5.82 Å². The first-order valence-corrected chi connectivity index (χ1v) is 7.72. The molecule has 9 heteroatoms. The summed E-state index contributed by atoms with van der Waals surface area (Å²) in [7, 11) is -1.79. The van der Waals surface area contributed by atoms with E-state index in [1.54, 1.807) is 12.1 Å². The van der Waals surface area contributed by atoms with Gasteiger partial charge < -0.3 is 14.6 Å². The SMILES string of the molecule is CNCCOc1ccc(S(=O)(=O)NCc2ncon2)cc1. The minimum atomic E-state index is -3.62. The molecule has 0 aliphatic heterocycles. The topological polar surface area (TPSA) is 106 Å². The second-order valence-corrected chi connectivity index (χ2v) is 5.86. The molecule has 0 bridgehead atoms. The van der Waals surface area contributed by atoms with Gasteiger partial charge in [-0.05, 0) is 31.3 Å². The monoisotopic (exact) mass is 312 g/mol. The smallest absolute Gasteiger partial charge is 0.240 e. The maximum atomic E-state index is 12.1. The molecule has 0 saturated heterocycles. The van der Waals surface area contributed by atoms with Gasteiger partial charge in [-0.25, -0.2) is 13.1 Å². The quantitative estimate of drug-likeness (QED) is 0.668. The predicted molar refractivity (Wildman–Crippen MR) is 74.2 cm³/mol. The molecule has 1 aromatic carbocycles. The van der Waals surface area contributed by atoms with Crippen molar-refractivity contribution in [2.24, 2.45) is 0 Å². The average Bonchev–Trinajstić information content (AvgIpc) is 3.00. The normalized spacial score (nSPS) is 11.5. The number of aromatic nitrogens is 2. The number of hydrogen-bond acceptors (Lipinski definition) is 7. The summed E-state index contributed by atoms with van der Waals surface area (Å²) in [6.45, 7) is 1.20. The summed E-state index contributed by atoms with van der Waals surface area (Å²) in [6, 6.07) is 6.18. The van der Waals surface area contributed by atoms with Crippen molar-refractivity contribution in [1.82, 2.24) is 20.2 Å². The molecule has 21 heavy (non-hydrogen) atoms. The van der Waals surface area contributed by atoms with Crippen LogP contribution < -0.4 is 14.8 Å². The molecule has 0 aliphatic rings. The van der Waals surface area contributed by atoms with E-state index in [0.717, 1.165) is 6.39 Å². The van der Waals surface area contributed by atoms with E-state index < -0.39 is 10.0 Å². The largest absolute Gasteiger partial charge is 0.492 e. The van der Waals surface area contributed by atoms with Crippen LogP contribution in [0.3, 0.4) is 0 Å². The highest BCUT2D eigenvalue weighted by Gasteiger charge is 2.14. The van der Waals surface area contributed by atoms with Crippen LogP contribution in [-0.2, 0) is 16.6 Å². The summed E-state index contributed by atoms with van der Waals surface area (Å²) in [5.41, 5.74) is 0. The number of nitrogens with zero attached hydrogens (tertiary/aromatic N) is 2. The van der Waals surface area contributed by atoms with Crippen LogP contribution in [0, 0.1) is 0 Å². The van der Waals surface area contributed by atoms with Crippen molar-refractivity contribution in [1.29, 1.82) is 0 Å². The van der Waals surface area contributed by atoms with E-state index in [1.165, 1.54) is 12.1 Å². The Bertz CT molecular complexity index is 640. The molecule has 2 rings (SSSR count). The van der Waals surface area contributed by atoms with E-state index in [1.807, 2.05) is 7.05 Å². The summed E-state index contributed by atoms with van der Waals surface area (Å²) in [4.78, 5) is 3.88. The highest BCUT2D eigenvalue weighted by molar-refractivity contribution is 7.89. The first-order chi connectivity index (χ1) is 10.1. The Morgan fingerprint density at radius 2 is 2.05 bits per heavy atom. The number of rotatable bonds is 8. The fourth-order valence-electron chi connectivity index (χ4n) is 1.50. The molecule has 0 fully saturated rings. The second-order valence-electron chi connectivity index (χ2n) is 4.10. The van der Waals surface area contributed by atoms with Gasteiger partial charge in [0.2, 0.25) is 16.4 Å². The van der Waals surface area contributed by atoms with Crippen molar-refractivity contribution in [3.8, 4) is 5.75 Å². The second kappa shape index (κ2) is 7.16. The van der Waals surface area contributed by atoms with Gasteiger partial charge in [0.15, 0.2) is 5.82 Å². The van der Waals surface area contributed by atoms with Gasteiger partial charge in [0, 0.05) is 6.54 Å². The molecule has 8 nitrogen and oxygen atoms in total. The van der Waals surface area contributed by atoms with Crippen LogP contribution in [0.2, 0.25) is 0 Å². The first kappa shape index (κ1) is 15.4. The number of hydrogen-bond donors (Lipinski definition) is 2. The van der Waals surface area contributed by atoms with Crippen LogP contribution in [0.25, 0.3) is 0 Å². The van der Waals surface area contributed by atoms with E-state index in [4.69, 9.17) is 4.74 Å². The molecule has 2 aromatic rings. The molecular formula is C12H16N4O4S. The third kappa shape index (κ3) is 4.52. The van der Waals surface area contributed by atoms with Crippen LogP contribution in [0.5, 0.6) is 5.75 Å². The van der Waals surface area contributed by atoms with E-state index in [2.05, 4.69) is 24.7 Å². The van der Waals surface area contributed by atoms with Crippen LogP contribution in [0.4, 0.5) is 0 Å². The molecule has 1 heterocycles. The minimum absolute atomic E-state index is 0.0285. The fraction of sp³-hybridized carbons (Fsp3) is 0.333. The van der Waals surface area contributed by atoms with E-state index >= 15 is 0 Å². The summed E-state index contributed by atoms with van der Waals surface area (Å²) in [5.74, 6) is 0.882. The summed E-state index contributed by atoms with van der Waals surface area (Å²) in [6.07, 6.45) is 1.14. The summed E-state index contributed by atoms with van der Waals surface area (Å²) >= 11 is 0. The number of benzene rings is 1. The number of likely N-dealkylation sites (N-methyl/N-ethyl adjacent to an activating group) is 1. The third-order valence-corrected chi connectivity index (χ3v) is 4.00. The van der Waals surface area contributed by atoms with Crippen LogP contribution >= 0.6 is 0 Å². The van der Waals surface area contributed by atoms with Gasteiger partial charge in [-0.15, -0.1) is 0 Å². The third-order valence-electron chi connectivity index (χ3n) is 2.58. The van der Waals surface area contributed by atoms with Gasteiger partial charge in [0.1, 0.15) is 12.4 Å². The van der Waals surface area contributed by atoms with Gasteiger partial charge in [0.05, 0.1) is 11.4 Å². The Morgan fingerprint density at radius 3 is 2.67 bits per heavy atom. The number of sulfonamides is 1. The number of ether oxygens (including phenoxy) is 1. The molecule has 0 spiro atoms. The lowest BCUT2D eigenvalue weighted by Crippen LogP contribution is -2.23. The molecule has 1 aromatic heterocycles.